The number of benzene rings is 2. The van der Waals surface area contributed by atoms with Crippen LogP contribution in [0.2, 0.25) is 0 Å². The highest BCUT2D eigenvalue weighted by atomic mass is 16.5. The third-order valence-electron chi connectivity index (χ3n) is 3.51. The molecule has 0 heterocycles. The first-order chi connectivity index (χ1) is 10.0. The van der Waals surface area contributed by atoms with Gasteiger partial charge in [0.15, 0.2) is 0 Å². The van der Waals surface area contributed by atoms with Gasteiger partial charge in [-0.2, -0.15) is 0 Å². The van der Waals surface area contributed by atoms with Gasteiger partial charge in [0, 0.05) is 17.8 Å². The van der Waals surface area contributed by atoms with Gasteiger partial charge in [0.2, 0.25) is 0 Å². The van der Waals surface area contributed by atoms with Crippen molar-refractivity contribution in [1.82, 2.24) is 0 Å². The van der Waals surface area contributed by atoms with Crippen LogP contribution in [-0.2, 0) is 12.0 Å². The van der Waals surface area contributed by atoms with Crippen molar-refractivity contribution >= 4 is 5.69 Å². The molecule has 2 aromatic carbocycles. The Morgan fingerprint density at radius 1 is 0.952 bits per heavy atom. The zero-order valence-corrected chi connectivity index (χ0v) is 13.4. The number of rotatable bonds is 5. The maximum Gasteiger partial charge on any atom is 0.124 e. The molecular formula is C19H25NO. The number of hydrogen-bond donors (Lipinski definition) is 1. The number of ether oxygens (including phenoxy) is 1. The Labute approximate surface area is 128 Å². The van der Waals surface area contributed by atoms with E-state index in [0.29, 0.717) is 6.61 Å². The van der Waals surface area contributed by atoms with Crippen LogP contribution in [-0.4, -0.2) is 6.61 Å². The van der Waals surface area contributed by atoms with E-state index in [0.717, 1.165) is 18.0 Å². The first kappa shape index (κ1) is 15.4. The quantitative estimate of drug-likeness (QED) is 0.834. The van der Waals surface area contributed by atoms with Crippen LogP contribution in [0.4, 0.5) is 5.69 Å². The molecule has 1 N–H and O–H groups in total. The summed E-state index contributed by atoms with van der Waals surface area (Å²) in [4.78, 5) is 0. The first-order valence-electron chi connectivity index (χ1n) is 7.56. The minimum absolute atomic E-state index is 0.195. The van der Waals surface area contributed by atoms with Crippen molar-refractivity contribution in [2.75, 3.05) is 11.9 Å². The Morgan fingerprint density at radius 2 is 1.62 bits per heavy atom. The topological polar surface area (TPSA) is 21.3 Å². The van der Waals surface area contributed by atoms with Gasteiger partial charge in [0.05, 0.1) is 6.61 Å². The second kappa shape index (κ2) is 6.66. The molecule has 0 aliphatic heterocycles. The SMILES string of the molecule is CCOc1ccccc1CNc1ccc(C(C)(C)C)cc1. The van der Waals surface area contributed by atoms with Crippen LogP contribution in [0.15, 0.2) is 48.5 Å². The Kier molecular flexibility index (Phi) is 4.89. The van der Waals surface area contributed by atoms with Crippen molar-refractivity contribution in [1.29, 1.82) is 0 Å². The number of anilines is 1. The van der Waals surface area contributed by atoms with Gasteiger partial charge in [-0.05, 0) is 36.1 Å². The van der Waals surface area contributed by atoms with Crippen LogP contribution >= 0.6 is 0 Å². The third kappa shape index (κ3) is 4.25. The van der Waals surface area contributed by atoms with Crippen molar-refractivity contribution in [2.24, 2.45) is 0 Å². The Morgan fingerprint density at radius 3 is 2.24 bits per heavy atom. The molecule has 0 spiro atoms. The van der Waals surface area contributed by atoms with E-state index in [-0.39, 0.29) is 5.41 Å². The molecule has 2 aromatic rings. The van der Waals surface area contributed by atoms with Crippen molar-refractivity contribution in [2.45, 2.75) is 39.7 Å². The van der Waals surface area contributed by atoms with Crippen LogP contribution in [0, 0.1) is 0 Å². The lowest BCUT2D eigenvalue weighted by atomic mass is 9.87. The fraction of sp³-hybridized carbons (Fsp3) is 0.368. The van der Waals surface area contributed by atoms with Crippen LogP contribution < -0.4 is 10.1 Å². The molecule has 0 unspecified atom stereocenters. The lowest BCUT2D eigenvalue weighted by Gasteiger charge is -2.19. The van der Waals surface area contributed by atoms with E-state index in [1.54, 1.807) is 0 Å². The summed E-state index contributed by atoms with van der Waals surface area (Å²) < 4.78 is 5.65. The van der Waals surface area contributed by atoms with Gasteiger partial charge in [0.25, 0.3) is 0 Å². The van der Waals surface area contributed by atoms with E-state index in [4.69, 9.17) is 4.74 Å². The minimum atomic E-state index is 0.195. The highest BCUT2D eigenvalue weighted by Crippen LogP contribution is 2.24. The van der Waals surface area contributed by atoms with E-state index < -0.39 is 0 Å². The Balaban J connectivity index is 2.03. The van der Waals surface area contributed by atoms with Gasteiger partial charge in [0.1, 0.15) is 5.75 Å². The molecule has 0 aliphatic rings. The number of para-hydroxylation sites is 1. The lowest BCUT2D eigenvalue weighted by Crippen LogP contribution is -2.10. The first-order valence-corrected chi connectivity index (χ1v) is 7.56. The molecule has 0 bridgehead atoms. The monoisotopic (exact) mass is 283 g/mol. The summed E-state index contributed by atoms with van der Waals surface area (Å²) in [5, 5.41) is 3.46. The maximum atomic E-state index is 5.65. The molecule has 112 valence electrons. The van der Waals surface area contributed by atoms with E-state index in [1.165, 1.54) is 11.1 Å². The number of nitrogens with one attached hydrogen (secondary N) is 1. The molecule has 0 saturated carbocycles. The van der Waals surface area contributed by atoms with Crippen molar-refractivity contribution in [3.63, 3.8) is 0 Å². The summed E-state index contributed by atoms with van der Waals surface area (Å²) >= 11 is 0. The summed E-state index contributed by atoms with van der Waals surface area (Å²) in [6.07, 6.45) is 0. The molecule has 0 aromatic heterocycles. The maximum absolute atomic E-state index is 5.65. The molecule has 0 atom stereocenters. The molecular weight excluding hydrogens is 258 g/mol. The van der Waals surface area contributed by atoms with Gasteiger partial charge in [-0.1, -0.05) is 51.1 Å². The van der Waals surface area contributed by atoms with Crippen molar-refractivity contribution in [3.8, 4) is 5.75 Å². The molecule has 0 saturated heterocycles. The number of hydrogen-bond acceptors (Lipinski definition) is 2. The van der Waals surface area contributed by atoms with E-state index in [2.05, 4.69) is 56.4 Å². The zero-order chi connectivity index (χ0) is 15.3. The van der Waals surface area contributed by atoms with Crippen molar-refractivity contribution in [3.05, 3.63) is 59.7 Å². The Bertz CT molecular complexity index is 567. The van der Waals surface area contributed by atoms with Gasteiger partial charge in [-0.15, -0.1) is 0 Å². The molecule has 21 heavy (non-hydrogen) atoms. The predicted molar refractivity (Wildman–Crippen MR) is 90.1 cm³/mol. The van der Waals surface area contributed by atoms with Crippen molar-refractivity contribution < 1.29 is 4.74 Å². The minimum Gasteiger partial charge on any atom is -0.494 e. The largest absolute Gasteiger partial charge is 0.494 e. The second-order valence-electron chi connectivity index (χ2n) is 6.22. The van der Waals surface area contributed by atoms with Crippen LogP contribution in [0.25, 0.3) is 0 Å². The third-order valence-corrected chi connectivity index (χ3v) is 3.51. The summed E-state index contributed by atoms with van der Waals surface area (Å²) in [7, 11) is 0. The summed E-state index contributed by atoms with van der Waals surface area (Å²) in [5.41, 5.74) is 3.86. The van der Waals surface area contributed by atoms with Crippen LogP contribution in [0.3, 0.4) is 0 Å². The Hall–Kier alpha value is -1.96. The average Bonchev–Trinajstić information content (AvgIpc) is 2.46. The fourth-order valence-corrected chi connectivity index (χ4v) is 2.23. The summed E-state index contributed by atoms with van der Waals surface area (Å²) in [6, 6.07) is 16.8. The molecule has 2 rings (SSSR count). The normalized spacial score (nSPS) is 11.2. The molecule has 0 fully saturated rings. The lowest BCUT2D eigenvalue weighted by molar-refractivity contribution is 0.337. The van der Waals surface area contributed by atoms with Crippen LogP contribution in [0.1, 0.15) is 38.8 Å². The van der Waals surface area contributed by atoms with Crippen LogP contribution in [0.5, 0.6) is 5.75 Å². The second-order valence-corrected chi connectivity index (χ2v) is 6.22. The summed E-state index contributed by atoms with van der Waals surface area (Å²) in [5.74, 6) is 0.957. The average molecular weight is 283 g/mol. The molecule has 0 radical (unpaired) electrons. The molecule has 2 nitrogen and oxygen atoms in total. The van der Waals surface area contributed by atoms with E-state index in [1.807, 2.05) is 25.1 Å². The van der Waals surface area contributed by atoms with Gasteiger partial charge in [-0.25, -0.2) is 0 Å². The van der Waals surface area contributed by atoms with Gasteiger partial charge >= 0.3 is 0 Å². The molecule has 2 heteroatoms. The zero-order valence-electron chi connectivity index (χ0n) is 13.4. The standard InChI is InChI=1S/C19H25NO/c1-5-21-18-9-7-6-8-15(18)14-20-17-12-10-16(11-13-17)19(2,3)4/h6-13,20H,5,14H2,1-4H3. The van der Waals surface area contributed by atoms with E-state index in [9.17, 15) is 0 Å². The highest BCUT2D eigenvalue weighted by molar-refractivity contribution is 5.47. The predicted octanol–water partition coefficient (Wildman–Crippen LogP) is 4.99. The molecule has 0 amide bonds. The highest BCUT2D eigenvalue weighted by Gasteiger charge is 2.12. The fourth-order valence-electron chi connectivity index (χ4n) is 2.23. The smallest absolute Gasteiger partial charge is 0.124 e. The van der Waals surface area contributed by atoms with Gasteiger partial charge < -0.3 is 10.1 Å². The van der Waals surface area contributed by atoms with E-state index >= 15 is 0 Å². The summed E-state index contributed by atoms with van der Waals surface area (Å²) in [6.45, 7) is 10.2. The molecule has 0 aliphatic carbocycles. The van der Waals surface area contributed by atoms with Gasteiger partial charge in [-0.3, -0.25) is 0 Å².